The Morgan fingerprint density at radius 1 is 1.00 bits per heavy atom. The number of piperazine rings is 1. The van der Waals surface area contributed by atoms with Crippen molar-refractivity contribution in [1.82, 2.24) is 9.80 Å². The van der Waals surface area contributed by atoms with E-state index in [4.69, 9.17) is 4.74 Å². The molecular formula is C25H29N3O2S. The summed E-state index contributed by atoms with van der Waals surface area (Å²) in [6.45, 7) is 7.09. The maximum Gasteiger partial charge on any atom is 0.246 e. The van der Waals surface area contributed by atoms with E-state index < -0.39 is 0 Å². The van der Waals surface area contributed by atoms with Crippen molar-refractivity contribution in [2.45, 2.75) is 19.5 Å². The molecule has 1 atom stereocenters. The van der Waals surface area contributed by atoms with Crippen molar-refractivity contribution in [2.24, 2.45) is 0 Å². The highest BCUT2D eigenvalue weighted by Gasteiger charge is 2.31. The summed E-state index contributed by atoms with van der Waals surface area (Å²) in [4.78, 5) is 19.6. The van der Waals surface area contributed by atoms with Gasteiger partial charge in [0.2, 0.25) is 5.91 Å². The number of rotatable bonds is 8. The number of benzene rings is 2. The van der Waals surface area contributed by atoms with E-state index in [-0.39, 0.29) is 11.9 Å². The van der Waals surface area contributed by atoms with Gasteiger partial charge in [0.05, 0.1) is 12.3 Å². The number of carbonyl (C=O) groups excluding carboxylic acids is 1. The quantitative estimate of drug-likeness (QED) is 0.560. The maximum absolute atomic E-state index is 13.5. The number of carbonyl (C=O) groups is 1. The average molecular weight is 436 g/mol. The molecule has 0 spiro atoms. The minimum atomic E-state index is -0.334. The fourth-order valence-electron chi connectivity index (χ4n) is 4.02. The predicted molar refractivity (Wildman–Crippen MR) is 127 cm³/mol. The van der Waals surface area contributed by atoms with E-state index in [1.165, 1.54) is 4.88 Å². The minimum absolute atomic E-state index is 0.0231. The minimum Gasteiger partial charge on any atom is -0.492 e. The highest BCUT2D eigenvalue weighted by Crippen LogP contribution is 2.28. The molecule has 0 bridgehead atoms. The zero-order chi connectivity index (χ0) is 21.5. The van der Waals surface area contributed by atoms with Gasteiger partial charge in [0.25, 0.3) is 0 Å². The van der Waals surface area contributed by atoms with E-state index in [0.717, 1.165) is 38.3 Å². The molecule has 1 fully saturated rings. The number of para-hydroxylation sites is 2. The molecule has 3 aromatic rings. The lowest BCUT2D eigenvalue weighted by molar-refractivity contribution is -0.122. The van der Waals surface area contributed by atoms with Crippen molar-refractivity contribution in [3.05, 3.63) is 82.6 Å². The molecule has 1 aliphatic heterocycles. The van der Waals surface area contributed by atoms with Crippen LogP contribution >= 0.6 is 11.3 Å². The molecule has 1 aliphatic rings. The van der Waals surface area contributed by atoms with Crippen molar-refractivity contribution in [3.8, 4) is 5.75 Å². The van der Waals surface area contributed by atoms with E-state index in [2.05, 4.69) is 32.6 Å². The normalized spacial score (nSPS) is 16.0. The van der Waals surface area contributed by atoms with Crippen LogP contribution in [0.5, 0.6) is 5.75 Å². The average Bonchev–Trinajstić information content (AvgIpc) is 3.30. The third-order valence-electron chi connectivity index (χ3n) is 5.54. The zero-order valence-electron chi connectivity index (χ0n) is 17.9. The lowest BCUT2D eigenvalue weighted by Crippen LogP contribution is -2.49. The molecule has 0 saturated carbocycles. The van der Waals surface area contributed by atoms with E-state index >= 15 is 0 Å². The Hall–Kier alpha value is -2.67. The molecule has 1 unspecified atom stereocenters. The standard InChI is InChI=1S/C25H29N3O2S/c1-2-30-23-13-7-6-12-22(23)26-25(29)24(20-9-4-3-5-10-20)28-16-14-27(15-17-28)19-21-11-8-18-31-21/h3-13,18,24H,2,14-17,19H2,1H3,(H,26,29). The molecule has 0 aliphatic carbocycles. The third kappa shape index (κ3) is 5.53. The number of nitrogens with one attached hydrogen (secondary N) is 1. The summed E-state index contributed by atoms with van der Waals surface area (Å²) in [6, 6.07) is 21.6. The SMILES string of the molecule is CCOc1ccccc1NC(=O)C(c1ccccc1)N1CCN(Cc2cccs2)CC1. The molecule has 6 heteroatoms. The Balaban J connectivity index is 1.48. The lowest BCUT2D eigenvalue weighted by Gasteiger charge is -2.38. The number of nitrogens with zero attached hydrogens (tertiary/aromatic N) is 2. The first-order valence-corrected chi connectivity index (χ1v) is 11.7. The van der Waals surface area contributed by atoms with Crippen LogP contribution in [-0.4, -0.2) is 48.5 Å². The number of hydrogen-bond donors (Lipinski definition) is 1. The number of amides is 1. The summed E-state index contributed by atoms with van der Waals surface area (Å²) in [5, 5.41) is 5.25. The number of thiophene rings is 1. The highest BCUT2D eigenvalue weighted by atomic mass is 32.1. The van der Waals surface area contributed by atoms with E-state index in [9.17, 15) is 4.79 Å². The first kappa shape index (κ1) is 21.6. The number of ether oxygens (including phenoxy) is 1. The van der Waals surface area contributed by atoms with Crippen LogP contribution in [0, 0.1) is 0 Å². The van der Waals surface area contributed by atoms with Gasteiger partial charge in [-0.1, -0.05) is 48.5 Å². The van der Waals surface area contributed by atoms with Crippen molar-refractivity contribution in [3.63, 3.8) is 0 Å². The molecule has 31 heavy (non-hydrogen) atoms. The van der Waals surface area contributed by atoms with Crippen LogP contribution < -0.4 is 10.1 Å². The molecule has 162 valence electrons. The Morgan fingerprint density at radius 2 is 1.74 bits per heavy atom. The molecule has 4 rings (SSSR count). The topological polar surface area (TPSA) is 44.8 Å². The Morgan fingerprint density at radius 3 is 2.45 bits per heavy atom. The highest BCUT2D eigenvalue weighted by molar-refractivity contribution is 7.09. The summed E-state index contributed by atoms with van der Waals surface area (Å²) in [5.41, 5.74) is 1.73. The molecule has 1 N–H and O–H groups in total. The molecular weight excluding hydrogens is 406 g/mol. The fourth-order valence-corrected chi connectivity index (χ4v) is 4.76. The van der Waals surface area contributed by atoms with Gasteiger partial charge in [-0.3, -0.25) is 14.6 Å². The molecule has 1 saturated heterocycles. The van der Waals surface area contributed by atoms with Gasteiger partial charge in [-0.15, -0.1) is 11.3 Å². The summed E-state index contributed by atoms with van der Waals surface area (Å²) in [6.07, 6.45) is 0. The smallest absolute Gasteiger partial charge is 0.246 e. The molecule has 1 amide bonds. The summed E-state index contributed by atoms with van der Waals surface area (Å²) >= 11 is 1.80. The van der Waals surface area contributed by atoms with E-state index in [0.29, 0.717) is 18.0 Å². The van der Waals surface area contributed by atoms with Gasteiger partial charge < -0.3 is 10.1 Å². The molecule has 1 aromatic heterocycles. The summed E-state index contributed by atoms with van der Waals surface area (Å²) in [7, 11) is 0. The van der Waals surface area contributed by atoms with Crippen LogP contribution in [0.2, 0.25) is 0 Å². The van der Waals surface area contributed by atoms with Crippen LogP contribution in [0.15, 0.2) is 72.1 Å². The molecule has 2 heterocycles. The van der Waals surface area contributed by atoms with Gasteiger partial charge in [0.1, 0.15) is 11.8 Å². The zero-order valence-corrected chi connectivity index (χ0v) is 18.7. The first-order chi connectivity index (χ1) is 15.2. The van der Waals surface area contributed by atoms with E-state index in [1.807, 2.05) is 61.5 Å². The maximum atomic E-state index is 13.5. The second-order valence-electron chi connectivity index (χ2n) is 7.62. The van der Waals surface area contributed by atoms with Gasteiger partial charge in [-0.2, -0.15) is 0 Å². The van der Waals surface area contributed by atoms with Crippen molar-refractivity contribution in [1.29, 1.82) is 0 Å². The Bertz CT molecular complexity index is 954. The first-order valence-electron chi connectivity index (χ1n) is 10.8. The third-order valence-corrected chi connectivity index (χ3v) is 6.40. The fraction of sp³-hybridized carbons (Fsp3) is 0.320. The monoisotopic (exact) mass is 435 g/mol. The van der Waals surface area contributed by atoms with Gasteiger partial charge in [-0.05, 0) is 36.1 Å². The Labute approximate surface area is 188 Å². The number of anilines is 1. The van der Waals surface area contributed by atoms with E-state index in [1.54, 1.807) is 11.3 Å². The number of hydrogen-bond acceptors (Lipinski definition) is 5. The second-order valence-corrected chi connectivity index (χ2v) is 8.66. The van der Waals surface area contributed by atoms with Gasteiger partial charge in [-0.25, -0.2) is 0 Å². The van der Waals surface area contributed by atoms with Crippen LogP contribution in [-0.2, 0) is 11.3 Å². The lowest BCUT2D eigenvalue weighted by atomic mass is 10.0. The van der Waals surface area contributed by atoms with Gasteiger partial charge >= 0.3 is 0 Å². The van der Waals surface area contributed by atoms with Crippen LogP contribution in [0.4, 0.5) is 5.69 Å². The summed E-state index contributed by atoms with van der Waals surface area (Å²) in [5.74, 6) is 0.677. The molecule has 0 radical (unpaired) electrons. The molecule has 2 aromatic carbocycles. The van der Waals surface area contributed by atoms with Crippen molar-refractivity contribution >= 4 is 22.9 Å². The van der Waals surface area contributed by atoms with Crippen LogP contribution in [0.25, 0.3) is 0 Å². The second kappa shape index (κ2) is 10.6. The van der Waals surface area contributed by atoms with Gasteiger partial charge in [0.15, 0.2) is 0 Å². The Kier molecular flexibility index (Phi) is 7.35. The van der Waals surface area contributed by atoms with Crippen LogP contribution in [0.3, 0.4) is 0 Å². The van der Waals surface area contributed by atoms with Gasteiger partial charge in [0, 0.05) is 37.6 Å². The van der Waals surface area contributed by atoms with Crippen molar-refractivity contribution < 1.29 is 9.53 Å². The molecule has 5 nitrogen and oxygen atoms in total. The summed E-state index contributed by atoms with van der Waals surface area (Å²) < 4.78 is 5.70. The van der Waals surface area contributed by atoms with Crippen LogP contribution in [0.1, 0.15) is 23.4 Å². The predicted octanol–water partition coefficient (Wildman–Crippen LogP) is 4.64. The largest absolute Gasteiger partial charge is 0.492 e. The van der Waals surface area contributed by atoms with Crippen molar-refractivity contribution in [2.75, 3.05) is 38.1 Å².